The van der Waals surface area contributed by atoms with Crippen molar-refractivity contribution >= 4 is 5.69 Å². The van der Waals surface area contributed by atoms with Crippen molar-refractivity contribution in [1.29, 1.82) is 0 Å². The molecule has 0 saturated heterocycles. The molecule has 2 aromatic carbocycles. The molecule has 0 spiro atoms. The molecule has 0 atom stereocenters. The van der Waals surface area contributed by atoms with Crippen molar-refractivity contribution in [3.05, 3.63) is 65.7 Å². The monoisotopic (exact) mass is 240 g/mol. The van der Waals surface area contributed by atoms with E-state index < -0.39 is 0 Å². The molecule has 0 radical (unpaired) electrons. The van der Waals surface area contributed by atoms with Crippen LogP contribution >= 0.6 is 0 Å². The van der Waals surface area contributed by atoms with Gasteiger partial charge < -0.3 is 5.32 Å². The van der Waals surface area contributed by atoms with Crippen LogP contribution in [0.25, 0.3) is 0 Å². The Hall–Kier alpha value is -1.80. The molecule has 0 amide bonds. The van der Waals surface area contributed by atoms with E-state index in [1.165, 1.54) is 11.1 Å². The Morgan fingerprint density at radius 2 is 1.39 bits per heavy atom. The van der Waals surface area contributed by atoms with Crippen LogP contribution in [-0.2, 0) is 13.1 Å². The lowest BCUT2D eigenvalue weighted by Crippen LogP contribution is -2.17. The van der Waals surface area contributed by atoms with Crippen molar-refractivity contribution in [2.75, 3.05) is 19.4 Å². The summed E-state index contributed by atoms with van der Waals surface area (Å²) in [6.07, 6.45) is 0. The van der Waals surface area contributed by atoms with E-state index in [-0.39, 0.29) is 0 Å². The average molecular weight is 240 g/mol. The number of nitrogens with one attached hydrogen (secondary N) is 1. The Labute approximate surface area is 109 Å². The Bertz CT molecular complexity index is 462. The zero-order valence-corrected chi connectivity index (χ0v) is 11.1. The molecule has 0 aliphatic rings. The van der Waals surface area contributed by atoms with Gasteiger partial charge in [0.2, 0.25) is 0 Å². The number of benzene rings is 2. The summed E-state index contributed by atoms with van der Waals surface area (Å²) in [5, 5.41) is 3.13. The van der Waals surface area contributed by atoms with Crippen LogP contribution in [0.3, 0.4) is 0 Å². The van der Waals surface area contributed by atoms with E-state index in [1.54, 1.807) is 0 Å². The van der Waals surface area contributed by atoms with Crippen LogP contribution in [0.1, 0.15) is 11.1 Å². The minimum Gasteiger partial charge on any atom is -0.388 e. The van der Waals surface area contributed by atoms with Crippen molar-refractivity contribution in [2.45, 2.75) is 13.1 Å². The molecule has 94 valence electrons. The summed E-state index contributed by atoms with van der Waals surface area (Å²) in [6, 6.07) is 19.1. The molecule has 0 fully saturated rings. The second kappa shape index (κ2) is 6.22. The molecule has 18 heavy (non-hydrogen) atoms. The molecule has 2 nitrogen and oxygen atoms in total. The average Bonchev–Trinajstić information content (AvgIpc) is 2.40. The van der Waals surface area contributed by atoms with Gasteiger partial charge in [-0.25, -0.2) is 0 Å². The largest absolute Gasteiger partial charge is 0.388 e. The maximum absolute atomic E-state index is 3.13. The fraction of sp³-hybridized carbons (Fsp3) is 0.250. The molecule has 1 N–H and O–H groups in total. The molecule has 0 aromatic heterocycles. The summed E-state index contributed by atoms with van der Waals surface area (Å²) in [4.78, 5) is 2.32. The van der Waals surface area contributed by atoms with Crippen LogP contribution in [0, 0.1) is 0 Å². The van der Waals surface area contributed by atoms with Crippen LogP contribution in [0.5, 0.6) is 0 Å². The van der Waals surface area contributed by atoms with Crippen LogP contribution in [0.4, 0.5) is 5.69 Å². The van der Waals surface area contributed by atoms with Gasteiger partial charge in [0, 0.05) is 25.8 Å². The third kappa shape index (κ3) is 3.60. The van der Waals surface area contributed by atoms with E-state index in [1.807, 2.05) is 7.05 Å². The maximum atomic E-state index is 3.13. The van der Waals surface area contributed by atoms with Gasteiger partial charge in [0.1, 0.15) is 0 Å². The first-order chi connectivity index (χ1) is 8.78. The van der Waals surface area contributed by atoms with Crippen molar-refractivity contribution < 1.29 is 0 Å². The fourth-order valence-electron chi connectivity index (χ4n) is 2.04. The third-order valence-electron chi connectivity index (χ3n) is 2.99. The number of hydrogen-bond acceptors (Lipinski definition) is 2. The maximum Gasteiger partial charge on any atom is 0.0337 e. The minimum atomic E-state index is 0.971. The fourth-order valence-corrected chi connectivity index (χ4v) is 2.04. The standard InChI is InChI=1S/C16H20N2/c1-17-16-10-8-15(9-11-16)13-18(2)12-14-6-4-3-5-7-14/h3-11,17H,12-13H2,1-2H3. The van der Waals surface area contributed by atoms with Gasteiger partial charge in [-0.05, 0) is 30.3 Å². The zero-order chi connectivity index (χ0) is 12.8. The topological polar surface area (TPSA) is 15.3 Å². The van der Waals surface area contributed by atoms with Crippen molar-refractivity contribution in [3.63, 3.8) is 0 Å². The molecule has 0 heterocycles. The number of rotatable bonds is 5. The first-order valence-electron chi connectivity index (χ1n) is 6.27. The second-order valence-electron chi connectivity index (χ2n) is 4.60. The molecule has 2 heteroatoms. The molecular formula is C16H20N2. The summed E-state index contributed by atoms with van der Waals surface area (Å²) >= 11 is 0. The third-order valence-corrected chi connectivity index (χ3v) is 2.99. The van der Waals surface area contributed by atoms with Crippen molar-refractivity contribution in [2.24, 2.45) is 0 Å². The highest BCUT2D eigenvalue weighted by Crippen LogP contribution is 2.11. The van der Waals surface area contributed by atoms with Gasteiger partial charge in [-0.3, -0.25) is 4.90 Å². The molecule has 0 bridgehead atoms. The van der Waals surface area contributed by atoms with E-state index >= 15 is 0 Å². The van der Waals surface area contributed by atoms with Gasteiger partial charge in [0.15, 0.2) is 0 Å². The van der Waals surface area contributed by atoms with E-state index in [0.717, 1.165) is 18.8 Å². The van der Waals surface area contributed by atoms with Crippen molar-refractivity contribution in [3.8, 4) is 0 Å². The molecule has 0 aliphatic heterocycles. The van der Waals surface area contributed by atoms with Gasteiger partial charge in [0.25, 0.3) is 0 Å². The molecular weight excluding hydrogens is 220 g/mol. The second-order valence-corrected chi connectivity index (χ2v) is 4.60. The van der Waals surface area contributed by atoms with E-state index in [2.05, 4.69) is 71.9 Å². The van der Waals surface area contributed by atoms with Crippen LogP contribution in [0.2, 0.25) is 0 Å². The molecule has 2 aromatic rings. The molecule has 2 rings (SSSR count). The SMILES string of the molecule is CNc1ccc(CN(C)Cc2ccccc2)cc1. The summed E-state index contributed by atoms with van der Waals surface area (Å²) in [7, 11) is 4.09. The number of anilines is 1. The quantitative estimate of drug-likeness (QED) is 0.862. The summed E-state index contributed by atoms with van der Waals surface area (Å²) in [5.41, 5.74) is 3.85. The Morgan fingerprint density at radius 1 is 0.833 bits per heavy atom. The highest BCUT2D eigenvalue weighted by Gasteiger charge is 2.01. The molecule has 0 aliphatic carbocycles. The first-order valence-corrected chi connectivity index (χ1v) is 6.27. The van der Waals surface area contributed by atoms with Gasteiger partial charge in [0.05, 0.1) is 0 Å². The highest BCUT2D eigenvalue weighted by atomic mass is 15.1. The zero-order valence-electron chi connectivity index (χ0n) is 11.1. The lowest BCUT2D eigenvalue weighted by atomic mass is 10.1. The van der Waals surface area contributed by atoms with E-state index in [4.69, 9.17) is 0 Å². The van der Waals surface area contributed by atoms with Gasteiger partial charge in [-0.2, -0.15) is 0 Å². The van der Waals surface area contributed by atoms with Crippen molar-refractivity contribution in [1.82, 2.24) is 4.90 Å². The normalized spacial score (nSPS) is 10.6. The number of hydrogen-bond donors (Lipinski definition) is 1. The van der Waals surface area contributed by atoms with Crippen LogP contribution in [-0.4, -0.2) is 19.0 Å². The first kappa shape index (κ1) is 12.7. The highest BCUT2D eigenvalue weighted by molar-refractivity contribution is 5.43. The van der Waals surface area contributed by atoms with Gasteiger partial charge in [-0.1, -0.05) is 42.5 Å². The minimum absolute atomic E-state index is 0.971. The predicted molar refractivity (Wildman–Crippen MR) is 77.6 cm³/mol. The predicted octanol–water partition coefficient (Wildman–Crippen LogP) is 3.36. The Kier molecular flexibility index (Phi) is 4.37. The summed E-state index contributed by atoms with van der Waals surface area (Å²) in [5.74, 6) is 0. The van der Waals surface area contributed by atoms with E-state index in [0.29, 0.717) is 0 Å². The summed E-state index contributed by atoms with van der Waals surface area (Å²) < 4.78 is 0. The lowest BCUT2D eigenvalue weighted by Gasteiger charge is -2.17. The number of nitrogens with zero attached hydrogens (tertiary/aromatic N) is 1. The smallest absolute Gasteiger partial charge is 0.0337 e. The van der Waals surface area contributed by atoms with Crippen LogP contribution in [0.15, 0.2) is 54.6 Å². The van der Waals surface area contributed by atoms with E-state index in [9.17, 15) is 0 Å². The Morgan fingerprint density at radius 3 is 1.94 bits per heavy atom. The lowest BCUT2D eigenvalue weighted by molar-refractivity contribution is 0.319. The molecule has 0 unspecified atom stereocenters. The van der Waals surface area contributed by atoms with Gasteiger partial charge >= 0.3 is 0 Å². The summed E-state index contributed by atoms with van der Waals surface area (Å²) in [6.45, 7) is 1.95. The van der Waals surface area contributed by atoms with Crippen LogP contribution < -0.4 is 5.32 Å². The van der Waals surface area contributed by atoms with Gasteiger partial charge in [-0.15, -0.1) is 0 Å². The Balaban J connectivity index is 1.92. The molecule has 0 saturated carbocycles.